The van der Waals surface area contributed by atoms with Crippen LogP contribution >= 0.6 is 0 Å². The first-order valence-corrected chi connectivity index (χ1v) is 9.72. The lowest BCUT2D eigenvalue weighted by molar-refractivity contribution is 0.0598. The van der Waals surface area contributed by atoms with Crippen molar-refractivity contribution in [2.24, 2.45) is 11.7 Å². The van der Waals surface area contributed by atoms with Gasteiger partial charge in [0.1, 0.15) is 0 Å². The number of rotatable bonds is 5. The summed E-state index contributed by atoms with van der Waals surface area (Å²) >= 11 is 0. The highest BCUT2D eigenvalue weighted by Crippen LogP contribution is 2.26. The Morgan fingerprint density at radius 1 is 1.08 bits per heavy atom. The Balaban J connectivity index is 2.39. The van der Waals surface area contributed by atoms with Crippen LogP contribution in [-0.4, -0.2) is 58.0 Å². The van der Waals surface area contributed by atoms with Gasteiger partial charge in [-0.05, 0) is 43.9 Å². The average Bonchev–Trinajstić information content (AvgIpc) is 2.66. The Morgan fingerprint density at radius 2 is 1.54 bits per heavy atom. The molecule has 1 aliphatic rings. The van der Waals surface area contributed by atoms with Gasteiger partial charge in [0.25, 0.3) is 0 Å². The number of nitrogens with two attached hydrogens (primary N) is 1. The summed E-state index contributed by atoms with van der Waals surface area (Å²) in [5.41, 5.74) is 5.84. The van der Waals surface area contributed by atoms with Crippen LogP contribution in [-0.2, 0) is 19.5 Å². The van der Waals surface area contributed by atoms with Gasteiger partial charge in [-0.25, -0.2) is 18.0 Å². The number of nitrogens with zero attached hydrogens (tertiary/aromatic N) is 1. The lowest BCUT2D eigenvalue weighted by Gasteiger charge is -2.33. The zero-order chi connectivity index (χ0) is 19.5. The van der Waals surface area contributed by atoms with Crippen LogP contribution in [0.1, 0.15) is 40.5 Å². The second kappa shape index (κ2) is 8.15. The van der Waals surface area contributed by atoms with E-state index in [4.69, 9.17) is 5.73 Å². The topological polar surface area (TPSA) is 116 Å². The third-order valence-electron chi connectivity index (χ3n) is 4.63. The van der Waals surface area contributed by atoms with Crippen LogP contribution in [0, 0.1) is 5.92 Å². The molecule has 0 amide bonds. The van der Waals surface area contributed by atoms with Crippen LogP contribution in [0.25, 0.3) is 0 Å². The fourth-order valence-corrected chi connectivity index (χ4v) is 4.55. The van der Waals surface area contributed by atoms with Gasteiger partial charge in [0, 0.05) is 19.1 Å². The zero-order valence-electron chi connectivity index (χ0n) is 15.1. The Hall–Kier alpha value is -1.97. The highest BCUT2D eigenvalue weighted by molar-refractivity contribution is 7.89. The first-order valence-electron chi connectivity index (χ1n) is 8.28. The minimum atomic E-state index is -3.86. The molecule has 1 aromatic carbocycles. The Bertz CT molecular complexity index is 748. The van der Waals surface area contributed by atoms with E-state index < -0.39 is 22.0 Å². The SMILES string of the molecule is COC(=O)c1cc(C(=O)OC)cc(S(=O)(=O)N2CCC(C(C)N)CC2)c1. The molecule has 0 saturated carbocycles. The molecule has 0 aliphatic carbocycles. The number of hydrogen-bond donors (Lipinski definition) is 1. The summed E-state index contributed by atoms with van der Waals surface area (Å²) in [6.07, 6.45) is 1.33. The quantitative estimate of drug-likeness (QED) is 0.753. The van der Waals surface area contributed by atoms with Crippen molar-refractivity contribution in [2.75, 3.05) is 27.3 Å². The van der Waals surface area contributed by atoms with Crippen molar-refractivity contribution in [3.63, 3.8) is 0 Å². The molecular formula is C17H24N2O6S. The third-order valence-corrected chi connectivity index (χ3v) is 6.51. The van der Waals surface area contributed by atoms with E-state index in [1.807, 2.05) is 6.92 Å². The monoisotopic (exact) mass is 384 g/mol. The number of hydrogen-bond acceptors (Lipinski definition) is 7. The lowest BCUT2D eigenvalue weighted by atomic mass is 9.92. The summed E-state index contributed by atoms with van der Waals surface area (Å²) in [6, 6.07) is 3.68. The molecular weight excluding hydrogens is 360 g/mol. The van der Waals surface area contributed by atoms with Crippen LogP contribution < -0.4 is 5.73 Å². The number of esters is 2. The van der Waals surface area contributed by atoms with Gasteiger partial charge in [-0.15, -0.1) is 0 Å². The second-order valence-corrected chi connectivity index (χ2v) is 8.27. The van der Waals surface area contributed by atoms with Crippen LogP contribution in [0.2, 0.25) is 0 Å². The maximum absolute atomic E-state index is 13.0. The molecule has 1 fully saturated rings. The summed E-state index contributed by atoms with van der Waals surface area (Å²) in [7, 11) is -1.50. The molecule has 0 spiro atoms. The van der Waals surface area contributed by atoms with E-state index in [1.54, 1.807) is 0 Å². The van der Waals surface area contributed by atoms with Gasteiger partial charge in [-0.1, -0.05) is 0 Å². The lowest BCUT2D eigenvalue weighted by Crippen LogP contribution is -2.42. The highest BCUT2D eigenvalue weighted by Gasteiger charge is 2.31. The van der Waals surface area contributed by atoms with Gasteiger partial charge in [-0.2, -0.15) is 4.31 Å². The van der Waals surface area contributed by atoms with Crippen molar-refractivity contribution in [1.29, 1.82) is 0 Å². The molecule has 1 aliphatic heterocycles. The summed E-state index contributed by atoms with van der Waals surface area (Å²) < 4.78 is 36.6. The van der Waals surface area contributed by atoms with E-state index in [2.05, 4.69) is 9.47 Å². The molecule has 144 valence electrons. The van der Waals surface area contributed by atoms with E-state index in [0.29, 0.717) is 25.9 Å². The van der Waals surface area contributed by atoms with Crippen molar-refractivity contribution < 1.29 is 27.5 Å². The number of carbonyl (C=O) groups excluding carboxylic acids is 2. The second-order valence-electron chi connectivity index (χ2n) is 6.33. The molecule has 1 saturated heterocycles. The third kappa shape index (κ3) is 4.22. The van der Waals surface area contributed by atoms with Crippen LogP contribution in [0.3, 0.4) is 0 Å². The molecule has 2 N–H and O–H groups in total. The Kier molecular flexibility index (Phi) is 6.38. The Morgan fingerprint density at radius 3 is 1.92 bits per heavy atom. The van der Waals surface area contributed by atoms with Crippen LogP contribution in [0.5, 0.6) is 0 Å². The van der Waals surface area contributed by atoms with Gasteiger partial charge < -0.3 is 15.2 Å². The van der Waals surface area contributed by atoms with Gasteiger partial charge in [0.05, 0.1) is 30.2 Å². The highest BCUT2D eigenvalue weighted by atomic mass is 32.2. The molecule has 2 rings (SSSR count). The van der Waals surface area contributed by atoms with Gasteiger partial charge in [0.2, 0.25) is 10.0 Å². The molecule has 1 unspecified atom stereocenters. The van der Waals surface area contributed by atoms with Crippen molar-refractivity contribution in [3.8, 4) is 0 Å². The number of ether oxygens (including phenoxy) is 2. The first-order chi connectivity index (χ1) is 12.2. The maximum Gasteiger partial charge on any atom is 0.337 e. The normalized spacial score (nSPS) is 17.5. The summed E-state index contributed by atoms with van der Waals surface area (Å²) in [6.45, 7) is 2.59. The molecule has 1 aromatic rings. The van der Waals surface area contributed by atoms with Gasteiger partial charge in [-0.3, -0.25) is 0 Å². The van der Waals surface area contributed by atoms with Crippen molar-refractivity contribution in [2.45, 2.75) is 30.7 Å². The predicted molar refractivity (Wildman–Crippen MR) is 94.3 cm³/mol. The average molecular weight is 384 g/mol. The van der Waals surface area contributed by atoms with Gasteiger partial charge in [0.15, 0.2) is 0 Å². The van der Waals surface area contributed by atoms with E-state index in [0.717, 1.165) is 0 Å². The number of sulfonamides is 1. The molecule has 1 atom stereocenters. The minimum absolute atomic E-state index is 0.00781. The molecule has 8 nitrogen and oxygen atoms in total. The number of methoxy groups -OCH3 is 2. The number of piperidine rings is 1. The van der Waals surface area contributed by atoms with Gasteiger partial charge >= 0.3 is 11.9 Å². The molecule has 0 radical (unpaired) electrons. The van der Waals surface area contributed by atoms with E-state index in [9.17, 15) is 18.0 Å². The maximum atomic E-state index is 13.0. The summed E-state index contributed by atoms with van der Waals surface area (Å²) in [4.78, 5) is 23.6. The van der Waals surface area contributed by atoms with Crippen LogP contribution in [0.4, 0.5) is 0 Å². The molecule has 0 aromatic heterocycles. The van der Waals surface area contributed by atoms with E-state index in [1.165, 1.54) is 36.7 Å². The number of carbonyl (C=O) groups is 2. The number of benzene rings is 1. The van der Waals surface area contributed by atoms with Crippen molar-refractivity contribution in [1.82, 2.24) is 4.31 Å². The van der Waals surface area contributed by atoms with Crippen molar-refractivity contribution in [3.05, 3.63) is 29.3 Å². The van der Waals surface area contributed by atoms with Crippen molar-refractivity contribution >= 4 is 22.0 Å². The first kappa shape index (κ1) is 20.3. The molecule has 26 heavy (non-hydrogen) atoms. The van der Waals surface area contributed by atoms with E-state index in [-0.39, 0.29) is 28.0 Å². The largest absolute Gasteiger partial charge is 0.465 e. The molecule has 0 bridgehead atoms. The van der Waals surface area contributed by atoms with Crippen LogP contribution in [0.15, 0.2) is 23.1 Å². The summed E-state index contributed by atoms with van der Waals surface area (Å²) in [5.74, 6) is -1.20. The summed E-state index contributed by atoms with van der Waals surface area (Å²) in [5, 5.41) is 0. The molecule has 1 heterocycles. The zero-order valence-corrected chi connectivity index (χ0v) is 15.9. The standard InChI is InChI=1S/C17H24N2O6S/c1-11(18)12-4-6-19(7-5-12)26(22,23)15-9-13(16(20)24-2)8-14(10-15)17(21)25-3/h8-12H,4-7,18H2,1-3H3. The molecule has 9 heteroatoms. The van der Waals surface area contributed by atoms with E-state index >= 15 is 0 Å². The predicted octanol–water partition coefficient (Wildman–Crippen LogP) is 1.01. The smallest absolute Gasteiger partial charge is 0.337 e. The minimum Gasteiger partial charge on any atom is -0.465 e. The fraction of sp³-hybridized carbons (Fsp3) is 0.529. The fourth-order valence-electron chi connectivity index (χ4n) is 3.01. The Labute approximate surface area is 153 Å².